The van der Waals surface area contributed by atoms with Crippen molar-refractivity contribution in [3.8, 4) is 0 Å². The Morgan fingerprint density at radius 3 is 2.54 bits per heavy atom. The van der Waals surface area contributed by atoms with Crippen molar-refractivity contribution in [3.63, 3.8) is 0 Å². The lowest BCUT2D eigenvalue weighted by Gasteiger charge is -2.07. The number of nitrogens with zero attached hydrogens (tertiary/aromatic N) is 1. The zero-order valence-electron chi connectivity index (χ0n) is 14.3. The van der Waals surface area contributed by atoms with Crippen molar-refractivity contribution in [3.05, 3.63) is 70.2 Å². The summed E-state index contributed by atoms with van der Waals surface area (Å²) in [6.07, 6.45) is -4.54. The van der Waals surface area contributed by atoms with Crippen LogP contribution in [0.5, 0.6) is 0 Å². The van der Waals surface area contributed by atoms with Crippen LogP contribution in [0.25, 0.3) is 11.0 Å². The second-order valence-corrected chi connectivity index (χ2v) is 6.25. The fourth-order valence-electron chi connectivity index (χ4n) is 2.44. The SMILES string of the molecule is CC(=O)NC(=O)c1cc2cc(Cl)ccc2oc1=Nc1cccc(C(F)(F)F)c1. The molecule has 0 atom stereocenters. The first-order chi connectivity index (χ1) is 13.1. The largest absolute Gasteiger partial charge is 0.438 e. The number of hydrogen-bond donors (Lipinski definition) is 1. The Hall–Kier alpha value is -3.13. The molecule has 0 unspecified atom stereocenters. The molecule has 144 valence electrons. The lowest BCUT2D eigenvalue weighted by atomic mass is 10.1. The molecule has 0 aliphatic heterocycles. The quantitative estimate of drug-likeness (QED) is 0.673. The van der Waals surface area contributed by atoms with Crippen molar-refractivity contribution < 1.29 is 27.2 Å². The number of carbonyl (C=O) groups excluding carboxylic acids is 2. The third kappa shape index (κ3) is 4.40. The van der Waals surface area contributed by atoms with Gasteiger partial charge in [0.1, 0.15) is 11.1 Å². The fraction of sp³-hybridized carbons (Fsp3) is 0.105. The molecular formula is C19H12ClF3N2O3. The van der Waals surface area contributed by atoms with Gasteiger partial charge in [0.2, 0.25) is 11.5 Å². The van der Waals surface area contributed by atoms with Crippen LogP contribution < -0.4 is 10.9 Å². The minimum Gasteiger partial charge on any atom is -0.438 e. The van der Waals surface area contributed by atoms with Gasteiger partial charge < -0.3 is 4.42 Å². The van der Waals surface area contributed by atoms with Gasteiger partial charge in [-0.15, -0.1) is 0 Å². The van der Waals surface area contributed by atoms with E-state index in [4.69, 9.17) is 16.0 Å². The van der Waals surface area contributed by atoms with Gasteiger partial charge in [-0.25, -0.2) is 4.99 Å². The van der Waals surface area contributed by atoms with E-state index in [1.54, 1.807) is 12.1 Å². The Bertz CT molecular complexity index is 1150. The minimum atomic E-state index is -4.54. The maximum absolute atomic E-state index is 12.9. The molecule has 0 aliphatic rings. The standard InChI is InChI=1S/C19H12ClF3N2O3/c1-10(26)24-17(27)15-8-11-7-13(20)5-6-16(11)28-18(15)25-14-4-2-3-12(9-14)19(21,22)23/h2-9H,1H3,(H,24,26,27). The number of rotatable bonds is 2. The van der Waals surface area contributed by atoms with Gasteiger partial charge in [-0.1, -0.05) is 17.7 Å². The van der Waals surface area contributed by atoms with Gasteiger partial charge in [0.15, 0.2) is 0 Å². The van der Waals surface area contributed by atoms with E-state index in [2.05, 4.69) is 10.3 Å². The van der Waals surface area contributed by atoms with Crippen LogP contribution in [-0.2, 0) is 11.0 Å². The predicted molar refractivity (Wildman–Crippen MR) is 96.0 cm³/mol. The summed E-state index contributed by atoms with van der Waals surface area (Å²) in [5.41, 5.74) is -1.01. The highest BCUT2D eigenvalue weighted by Crippen LogP contribution is 2.31. The molecule has 5 nitrogen and oxygen atoms in total. The number of carbonyl (C=O) groups is 2. The third-order valence-corrected chi connectivity index (χ3v) is 3.88. The molecule has 3 rings (SSSR count). The Morgan fingerprint density at radius 1 is 1.11 bits per heavy atom. The smallest absolute Gasteiger partial charge is 0.416 e. The molecule has 9 heteroatoms. The maximum atomic E-state index is 12.9. The zero-order valence-corrected chi connectivity index (χ0v) is 15.1. The Kier molecular flexibility index (Phi) is 5.24. The number of halogens is 4. The van der Waals surface area contributed by atoms with Crippen LogP contribution in [0.1, 0.15) is 22.8 Å². The molecule has 2 amide bonds. The van der Waals surface area contributed by atoms with E-state index in [9.17, 15) is 22.8 Å². The monoisotopic (exact) mass is 408 g/mol. The Balaban J connectivity index is 2.23. The van der Waals surface area contributed by atoms with Gasteiger partial charge in [0, 0.05) is 17.3 Å². The summed E-state index contributed by atoms with van der Waals surface area (Å²) in [4.78, 5) is 27.6. The van der Waals surface area contributed by atoms with Crippen molar-refractivity contribution in [2.24, 2.45) is 4.99 Å². The predicted octanol–water partition coefficient (Wildman–Crippen LogP) is 4.61. The van der Waals surface area contributed by atoms with Crippen molar-refractivity contribution in [2.45, 2.75) is 13.1 Å². The summed E-state index contributed by atoms with van der Waals surface area (Å²) in [5, 5.41) is 2.94. The summed E-state index contributed by atoms with van der Waals surface area (Å²) in [6, 6.07) is 10.3. The average Bonchev–Trinajstić information content (AvgIpc) is 2.60. The topological polar surface area (TPSA) is 71.7 Å². The van der Waals surface area contributed by atoms with Crippen LogP contribution in [0.3, 0.4) is 0 Å². The summed E-state index contributed by atoms with van der Waals surface area (Å²) < 4.78 is 44.4. The van der Waals surface area contributed by atoms with Gasteiger partial charge in [0.05, 0.1) is 11.3 Å². The van der Waals surface area contributed by atoms with E-state index in [1.807, 2.05) is 0 Å². The lowest BCUT2D eigenvalue weighted by Crippen LogP contribution is -2.32. The van der Waals surface area contributed by atoms with E-state index >= 15 is 0 Å². The summed E-state index contributed by atoms with van der Waals surface area (Å²) in [7, 11) is 0. The average molecular weight is 409 g/mol. The van der Waals surface area contributed by atoms with E-state index in [0.29, 0.717) is 16.0 Å². The minimum absolute atomic E-state index is 0.0660. The van der Waals surface area contributed by atoms with E-state index in [1.165, 1.54) is 24.3 Å². The molecule has 1 heterocycles. The number of alkyl halides is 3. The highest BCUT2D eigenvalue weighted by atomic mass is 35.5. The summed E-state index contributed by atoms with van der Waals surface area (Å²) in [6.45, 7) is 1.15. The number of hydrogen-bond acceptors (Lipinski definition) is 4. The molecule has 0 fully saturated rings. The van der Waals surface area contributed by atoms with Gasteiger partial charge in [-0.05, 0) is 42.5 Å². The first kappa shape index (κ1) is 19.6. The zero-order chi connectivity index (χ0) is 20.5. The second-order valence-electron chi connectivity index (χ2n) is 5.82. The normalized spacial score (nSPS) is 12.2. The summed E-state index contributed by atoms with van der Waals surface area (Å²) >= 11 is 5.94. The lowest BCUT2D eigenvalue weighted by molar-refractivity contribution is -0.137. The van der Waals surface area contributed by atoms with Crippen molar-refractivity contribution >= 4 is 40.1 Å². The third-order valence-electron chi connectivity index (χ3n) is 3.65. The Labute approximate surface area is 161 Å². The molecule has 0 radical (unpaired) electrons. The van der Waals surface area contributed by atoms with E-state index < -0.39 is 23.6 Å². The van der Waals surface area contributed by atoms with Crippen molar-refractivity contribution in [2.75, 3.05) is 0 Å². The molecule has 0 saturated carbocycles. The second kappa shape index (κ2) is 7.47. The fourth-order valence-corrected chi connectivity index (χ4v) is 2.62. The number of amides is 2. The molecule has 3 aromatic rings. The molecule has 1 aromatic heterocycles. The van der Waals surface area contributed by atoms with Crippen LogP contribution in [0, 0.1) is 0 Å². The van der Waals surface area contributed by atoms with Gasteiger partial charge >= 0.3 is 6.18 Å². The van der Waals surface area contributed by atoms with Crippen molar-refractivity contribution in [1.29, 1.82) is 0 Å². The Morgan fingerprint density at radius 2 is 1.86 bits per heavy atom. The molecular weight excluding hydrogens is 397 g/mol. The highest BCUT2D eigenvalue weighted by Gasteiger charge is 2.30. The molecule has 0 spiro atoms. The van der Waals surface area contributed by atoms with Crippen LogP contribution in [0.15, 0.2) is 57.9 Å². The molecule has 28 heavy (non-hydrogen) atoms. The molecule has 0 saturated heterocycles. The van der Waals surface area contributed by atoms with Crippen LogP contribution in [0.2, 0.25) is 5.02 Å². The molecule has 0 bridgehead atoms. The van der Waals surface area contributed by atoms with E-state index in [0.717, 1.165) is 19.1 Å². The molecule has 2 aromatic carbocycles. The maximum Gasteiger partial charge on any atom is 0.416 e. The number of fused-ring (bicyclic) bond motifs is 1. The number of benzene rings is 2. The van der Waals surface area contributed by atoms with Gasteiger partial charge in [-0.2, -0.15) is 13.2 Å². The van der Waals surface area contributed by atoms with Crippen molar-refractivity contribution in [1.82, 2.24) is 5.32 Å². The van der Waals surface area contributed by atoms with Crippen LogP contribution in [0.4, 0.5) is 18.9 Å². The molecule has 1 N–H and O–H groups in total. The molecule has 0 aliphatic carbocycles. The highest BCUT2D eigenvalue weighted by molar-refractivity contribution is 6.31. The summed E-state index contributed by atoms with van der Waals surface area (Å²) in [5.74, 6) is -1.41. The first-order valence-electron chi connectivity index (χ1n) is 7.91. The number of imide groups is 1. The number of nitrogens with one attached hydrogen (secondary N) is 1. The van der Waals surface area contributed by atoms with Crippen LogP contribution in [-0.4, -0.2) is 11.8 Å². The van der Waals surface area contributed by atoms with Crippen LogP contribution >= 0.6 is 11.6 Å². The van der Waals surface area contributed by atoms with Gasteiger partial charge in [-0.3, -0.25) is 14.9 Å². The van der Waals surface area contributed by atoms with E-state index in [-0.39, 0.29) is 16.8 Å². The first-order valence-corrected chi connectivity index (χ1v) is 8.28. The van der Waals surface area contributed by atoms with Gasteiger partial charge in [0.25, 0.3) is 5.91 Å².